The Hall–Kier alpha value is -1.63. The highest BCUT2D eigenvalue weighted by Crippen LogP contribution is 2.12. The molecular weight excluding hydrogens is 290 g/mol. The van der Waals surface area contributed by atoms with Crippen LogP contribution < -0.4 is 4.57 Å². The van der Waals surface area contributed by atoms with E-state index < -0.39 is 0 Å². The Labute approximate surface area is 149 Å². The SMILES string of the molecule is CC(C)=CCC/C(C)=C/CC/C(C)=C/CCC[n+]1cccc(C)c1. The quantitative estimate of drug-likeness (QED) is 0.263. The number of hydrogen-bond donors (Lipinski definition) is 0. The van der Waals surface area contributed by atoms with E-state index in [1.807, 2.05) is 0 Å². The minimum Gasteiger partial charge on any atom is -0.205 e. The molecule has 0 spiro atoms. The highest BCUT2D eigenvalue weighted by molar-refractivity contribution is 5.05. The zero-order chi connectivity index (χ0) is 17.8. The third-order valence-electron chi connectivity index (χ3n) is 4.24. The van der Waals surface area contributed by atoms with Gasteiger partial charge in [-0.1, -0.05) is 34.9 Å². The van der Waals surface area contributed by atoms with Crippen molar-refractivity contribution in [3.05, 3.63) is 65.0 Å². The molecule has 0 bridgehead atoms. The lowest BCUT2D eigenvalue weighted by atomic mass is 10.1. The van der Waals surface area contributed by atoms with E-state index >= 15 is 0 Å². The van der Waals surface area contributed by atoms with Crippen molar-refractivity contribution in [3.63, 3.8) is 0 Å². The average Bonchev–Trinajstić information content (AvgIpc) is 2.51. The molecule has 0 radical (unpaired) electrons. The zero-order valence-electron chi connectivity index (χ0n) is 16.4. The standard InChI is InChI=1S/C23H36N/c1-20(2)11-8-13-22(4)15-9-14-21(3)12-6-7-17-24-18-10-16-23(5)19-24/h10-12,15-16,18-19H,6-9,13-14,17H2,1-5H3/q+1/b21-12+,22-15+. The summed E-state index contributed by atoms with van der Waals surface area (Å²) < 4.78 is 2.29. The molecule has 1 nitrogen and oxygen atoms in total. The molecule has 1 heteroatoms. The van der Waals surface area contributed by atoms with Crippen molar-refractivity contribution in [2.75, 3.05) is 0 Å². The van der Waals surface area contributed by atoms with Crippen molar-refractivity contribution in [2.45, 2.75) is 79.7 Å². The Bertz CT molecular complexity index is 571. The maximum Gasteiger partial charge on any atom is 0.171 e. The molecule has 0 unspecified atom stereocenters. The van der Waals surface area contributed by atoms with Gasteiger partial charge in [0.25, 0.3) is 0 Å². The molecule has 132 valence electrons. The predicted octanol–water partition coefficient (Wildman–Crippen LogP) is 6.48. The van der Waals surface area contributed by atoms with E-state index in [4.69, 9.17) is 0 Å². The summed E-state index contributed by atoms with van der Waals surface area (Å²) in [4.78, 5) is 0. The smallest absolute Gasteiger partial charge is 0.171 e. The fourth-order valence-electron chi connectivity index (χ4n) is 2.75. The Morgan fingerprint density at radius 3 is 2.17 bits per heavy atom. The molecule has 0 amide bonds. The monoisotopic (exact) mass is 326 g/mol. The second-order valence-electron chi connectivity index (χ2n) is 7.22. The first-order chi connectivity index (χ1) is 11.5. The van der Waals surface area contributed by atoms with Gasteiger partial charge >= 0.3 is 0 Å². The summed E-state index contributed by atoms with van der Waals surface area (Å²) in [6.07, 6.45) is 18.7. The van der Waals surface area contributed by atoms with Crippen LogP contribution in [0, 0.1) is 6.92 Å². The molecule has 0 saturated carbocycles. The van der Waals surface area contributed by atoms with Crippen LogP contribution in [0.4, 0.5) is 0 Å². The first-order valence-corrected chi connectivity index (χ1v) is 9.37. The van der Waals surface area contributed by atoms with Crippen molar-refractivity contribution in [3.8, 4) is 0 Å². The van der Waals surface area contributed by atoms with Gasteiger partial charge in [-0.25, -0.2) is 4.57 Å². The Morgan fingerprint density at radius 2 is 1.54 bits per heavy atom. The van der Waals surface area contributed by atoms with Gasteiger partial charge in [-0.2, -0.15) is 0 Å². The number of aromatic nitrogens is 1. The summed E-state index contributed by atoms with van der Waals surface area (Å²) in [6.45, 7) is 12.1. The number of rotatable bonds is 10. The largest absolute Gasteiger partial charge is 0.205 e. The van der Waals surface area contributed by atoms with E-state index in [0.29, 0.717) is 0 Å². The van der Waals surface area contributed by atoms with Crippen LogP contribution in [0.1, 0.15) is 71.8 Å². The minimum absolute atomic E-state index is 1.11. The van der Waals surface area contributed by atoms with E-state index in [0.717, 1.165) is 6.54 Å². The molecule has 0 atom stereocenters. The number of unbranched alkanes of at least 4 members (excludes halogenated alkanes) is 1. The van der Waals surface area contributed by atoms with E-state index in [-0.39, 0.29) is 0 Å². The lowest BCUT2D eigenvalue weighted by Crippen LogP contribution is -2.32. The number of nitrogens with zero attached hydrogens (tertiary/aromatic N) is 1. The average molecular weight is 327 g/mol. The van der Waals surface area contributed by atoms with Crippen molar-refractivity contribution in [1.29, 1.82) is 0 Å². The van der Waals surface area contributed by atoms with Crippen LogP contribution in [0.5, 0.6) is 0 Å². The normalized spacial score (nSPS) is 12.4. The van der Waals surface area contributed by atoms with Crippen molar-refractivity contribution < 1.29 is 4.57 Å². The summed E-state index contributed by atoms with van der Waals surface area (Å²) in [5.74, 6) is 0. The van der Waals surface area contributed by atoms with E-state index in [1.54, 1.807) is 0 Å². The molecular formula is C23H36N+. The van der Waals surface area contributed by atoms with Gasteiger partial charge in [0.1, 0.15) is 6.54 Å². The topological polar surface area (TPSA) is 3.88 Å². The van der Waals surface area contributed by atoms with Crippen LogP contribution in [0.2, 0.25) is 0 Å². The second-order valence-corrected chi connectivity index (χ2v) is 7.22. The lowest BCUT2D eigenvalue weighted by molar-refractivity contribution is -0.697. The summed E-state index contributed by atoms with van der Waals surface area (Å²) in [6, 6.07) is 4.28. The summed E-state index contributed by atoms with van der Waals surface area (Å²) in [7, 11) is 0. The van der Waals surface area contributed by atoms with Gasteiger partial charge in [0.15, 0.2) is 12.4 Å². The van der Waals surface area contributed by atoms with E-state index in [2.05, 4.69) is 81.9 Å². The van der Waals surface area contributed by atoms with Crippen LogP contribution >= 0.6 is 0 Å². The predicted molar refractivity (Wildman–Crippen MR) is 106 cm³/mol. The maximum absolute atomic E-state index is 2.42. The van der Waals surface area contributed by atoms with Crippen LogP contribution in [0.3, 0.4) is 0 Å². The van der Waals surface area contributed by atoms with Crippen molar-refractivity contribution in [2.24, 2.45) is 0 Å². The Morgan fingerprint density at radius 1 is 0.917 bits per heavy atom. The summed E-state index contributed by atoms with van der Waals surface area (Å²) in [5, 5.41) is 0. The Kier molecular flexibility index (Phi) is 10.1. The van der Waals surface area contributed by atoms with Crippen molar-refractivity contribution in [1.82, 2.24) is 0 Å². The highest BCUT2D eigenvalue weighted by Gasteiger charge is 1.99. The van der Waals surface area contributed by atoms with Gasteiger partial charge in [-0.05, 0) is 72.8 Å². The van der Waals surface area contributed by atoms with Crippen LogP contribution in [0.15, 0.2) is 59.5 Å². The Balaban J connectivity index is 2.21. The summed E-state index contributed by atoms with van der Waals surface area (Å²) >= 11 is 0. The number of hydrogen-bond acceptors (Lipinski definition) is 0. The molecule has 1 rings (SSSR count). The molecule has 0 aliphatic heterocycles. The molecule has 1 aromatic rings. The van der Waals surface area contributed by atoms with Crippen LogP contribution in [0.25, 0.3) is 0 Å². The molecule has 24 heavy (non-hydrogen) atoms. The minimum atomic E-state index is 1.11. The highest BCUT2D eigenvalue weighted by atomic mass is 14.9. The molecule has 1 aromatic heterocycles. The fraction of sp³-hybridized carbons (Fsp3) is 0.522. The molecule has 1 heterocycles. The van der Waals surface area contributed by atoms with E-state index in [1.165, 1.54) is 60.8 Å². The second kappa shape index (κ2) is 11.8. The number of allylic oxidation sites excluding steroid dienone is 6. The molecule has 0 saturated heterocycles. The van der Waals surface area contributed by atoms with Crippen molar-refractivity contribution >= 4 is 0 Å². The van der Waals surface area contributed by atoms with Crippen LogP contribution in [-0.4, -0.2) is 0 Å². The fourth-order valence-corrected chi connectivity index (χ4v) is 2.75. The van der Waals surface area contributed by atoms with Gasteiger partial charge in [-0.3, -0.25) is 0 Å². The lowest BCUT2D eigenvalue weighted by Gasteiger charge is -2.02. The zero-order valence-corrected chi connectivity index (χ0v) is 16.4. The first kappa shape index (κ1) is 20.4. The molecule has 0 fully saturated rings. The molecule has 0 aliphatic carbocycles. The number of aryl methyl sites for hydroxylation is 2. The van der Waals surface area contributed by atoms with Gasteiger partial charge in [0, 0.05) is 18.1 Å². The third-order valence-corrected chi connectivity index (χ3v) is 4.24. The van der Waals surface area contributed by atoms with Gasteiger partial charge in [0.05, 0.1) is 0 Å². The van der Waals surface area contributed by atoms with Crippen LogP contribution in [-0.2, 0) is 6.54 Å². The maximum atomic E-state index is 2.42. The third kappa shape index (κ3) is 10.2. The van der Waals surface area contributed by atoms with Gasteiger partial charge in [0.2, 0.25) is 0 Å². The summed E-state index contributed by atoms with van der Waals surface area (Å²) in [5.41, 5.74) is 5.80. The van der Waals surface area contributed by atoms with Gasteiger partial charge in [-0.15, -0.1) is 0 Å². The first-order valence-electron chi connectivity index (χ1n) is 9.37. The van der Waals surface area contributed by atoms with Gasteiger partial charge < -0.3 is 0 Å². The molecule has 0 N–H and O–H groups in total. The van der Waals surface area contributed by atoms with E-state index in [9.17, 15) is 0 Å². The molecule has 0 aromatic carbocycles. The number of pyridine rings is 1. The molecule has 0 aliphatic rings.